The molecule has 0 saturated heterocycles. The molecule has 0 spiro atoms. The van der Waals surface area contributed by atoms with Crippen molar-refractivity contribution in [3.05, 3.63) is 29.9 Å². The van der Waals surface area contributed by atoms with E-state index in [0.717, 1.165) is 17.5 Å². The number of aliphatic imine (C=N–C) groups is 1. The molecule has 0 atom stereocenters. The van der Waals surface area contributed by atoms with Crippen LogP contribution in [0.25, 0.3) is 0 Å². The van der Waals surface area contributed by atoms with E-state index in [1.807, 2.05) is 0 Å². The first-order valence-electron chi connectivity index (χ1n) is 7.63. The Morgan fingerprint density at radius 3 is 2.95 bits per heavy atom. The Morgan fingerprint density at radius 2 is 2.27 bits per heavy atom. The van der Waals surface area contributed by atoms with Gasteiger partial charge in [-0.25, -0.2) is 4.98 Å². The molecule has 2 N–H and O–H groups in total. The number of allylic oxidation sites excluding steroid dienone is 1. The maximum absolute atomic E-state index is 12.7. The summed E-state index contributed by atoms with van der Waals surface area (Å²) in [5.41, 5.74) is 1.49. The van der Waals surface area contributed by atoms with Gasteiger partial charge in [-0.2, -0.15) is 8.78 Å². The van der Waals surface area contributed by atoms with Crippen LogP contribution in [0.4, 0.5) is 8.78 Å². The molecule has 0 unspecified atom stereocenters. The van der Waals surface area contributed by atoms with Crippen molar-refractivity contribution in [1.82, 2.24) is 20.2 Å². The van der Waals surface area contributed by atoms with Crippen molar-refractivity contribution in [2.24, 2.45) is 4.99 Å². The monoisotopic (exact) mass is 311 g/mol. The third kappa shape index (κ3) is 4.82. The molecule has 0 aromatic carbocycles. The van der Waals surface area contributed by atoms with E-state index in [1.165, 1.54) is 43.7 Å². The maximum Gasteiger partial charge on any atom is 0.319 e. The van der Waals surface area contributed by atoms with Gasteiger partial charge in [-0.3, -0.25) is 9.56 Å². The van der Waals surface area contributed by atoms with Crippen LogP contribution in [0.3, 0.4) is 0 Å². The Hall–Kier alpha value is -1.92. The number of nitrogens with zero attached hydrogens (tertiary/aromatic N) is 3. The summed E-state index contributed by atoms with van der Waals surface area (Å²) < 4.78 is 26.3. The zero-order chi connectivity index (χ0) is 15.8. The molecule has 122 valence electrons. The molecule has 5 nitrogen and oxygen atoms in total. The highest BCUT2D eigenvalue weighted by Gasteiger charge is 2.11. The second kappa shape index (κ2) is 8.51. The summed E-state index contributed by atoms with van der Waals surface area (Å²) in [5.74, 6) is 0.883. The standard InChI is InChI=1S/C15H23F2N5/c1-18-15(20-8-7-12-5-3-2-4-6-12)21-11-13-19-9-10-22(13)14(16)17/h5,9-10,14H,2-4,6-8,11H2,1H3,(H2,18,20,21). The van der Waals surface area contributed by atoms with Crippen LogP contribution in [0.2, 0.25) is 0 Å². The number of aromatic nitrogens is 2. The Labute approximate surface area is 129 Å². The predicted molar refractivity (Wildman–Crippen MR) is 82.8 cm³/mol. The molecule has 0 aliphatic heterocycles. The van der Waals surface area contributed by atoms with E-state index in [4.69, 9.17) is 0 Å². The van der Waals surface area contributed by atoms with E-state index >= 15 is 0 Å². The third-order valence-electron chi connectivity index (χ3n) is 3.72. The van der Waals surface area contributed by atoms with Gasteiger partial charge in [0.2, 0.25) is 0 Å². The number of rotatable bonds is 6. The van der Waals surface area contributed by atoms with Gasteiger partial charge in [0.05, 0.1) is 6.54 Å². The van der Waals surface area contributed by atoms with Gasteiger partial charge >= 0.3 is 6.55 Å². The number of halogens is 2. The molecule has 1 aromatic rings. The van der Waals surface area contributed by atoms with Gasteiger partial charge < -0.3 is 10.6 Å². The van der Waals surface area contributed by atoms with Gasteiger partial charge in [0, 0.05) is 26.0 Å². The second-order valence-electron chi connectivity index (χ2n) is 5.24. The lowest BCUT2D eigenvalue weighted by atomic mass is 9.97. The van der Waals surface area contributed by atoms with E-state index in [0.29, 0.717) is 5.96 Å². The Balaban J connectivity index is 1.75. The van der Waals surface area contributed by atoms with E-state index < -0.39 is 6.55 Å². The van der Waals surface area contributed by atoms with Crippen molar-refractivity contribution in [2.45, 2.75) is 45.2 Å². The highest BCUT2D eigenvalue weighted by molar-refractivity contribution is 5.79. The molecule has 1 aromatic heterocycles. The van der Waals surface area contributed by atoms with Crippen LogP contribution in [0, 0.1) is 0 Å². The highest BCUT2D eigenvalue weighted by atomic mass is 19.3. The summed E-state index contributed by atoms with van der Waals surface area (Å²) in [7, 11) is 1.66. The van der Waals surface area contributed by atoms with Crippen LogP contribution < -0.4 is 10.6 Å². The van der Waals surface area contributed by atoms with E-state index in [2.05, 4.69) is 26.7 Å². The van der Waals surface area contributed by atoms with Gasteiger partial charge in [-0.15, -0.1) is 0 Å². The lowest BCUT2D eigenvalue weighted by Gasteiger charge is -2.15. The van der Waals surface area contributed by atoms with Gasteiger partial charge in [0.1, 0.15) is 5.82 Å². The van der Waals surface area contributed by atoms with Crippen molar-refractivity contribution in [3.8, 4) is 0 Å². The fraction of sp³-hybridized carbons (Fsp3) is 0.600. The predicted octanol–water partition coefficient (Wildman–Crippen LogP) is 2.83. The molecule has 0 bridgehead atoms. The molecular formula is C15H23F2N5. The minimum Gasteiger partial charge on any atom is -0.356 e. The van der Waals surface area contributed by atoms with Crippen LogP contribution in [0.5, 0.6) is 0 Å². The second-order valence-corrected chi connectivity index (χ2v) is 5.24. The van der Waals surface area contributed by atoms with Gasteiger partial charge in [0.15, 0.2) is 5.96 Å². The molecule has 7 heteroatoms. The summed E-state index contributed by atoms with van der Waals surface area (Å²) in [6.45, 7) is -1.58. The lowest BCUT2D eigenvalue weighted by Crippen LogP contribution is -2.38. The van der Waals surface area contributed by atoms with Crippen molar-refractivity contribution in [1.29, 1.82) is 0 Å². The summed E-state index contributed by atoms with van der Waals surface area (Å²) >= 11 is 0. The quantitative estimate of drug-likeness (QED) is 0.482. The number of alkyl halides is 2. The van der Waals surface area contributed by atoms with Gasteiger partial charge in [-0.1, -0.05) is 11.6 Å². The van der Waals surface area contributed by atoms with Crippen molar-refractivity contribution in [3.63, 3.8) is 0 Å². The highest BCUT2D eigenvalue weighted by Crippen LogP contribution is 2.19. The van der Waals surface area contributed by atoms with E-state index in [-0.39, 0.29) is 12.4 Å². The lowest BCUT2D eigenvalue weighted by molar-refractivity contribution is 0.0668. The van der Waals surface area contributed by atoms with Crippen LogP contribution in [0.15, 0.2) is 29.0 Å². The fourth-order valence-corrected chi connectivity index (χ4v) is 2.52. The normalized spacial score (nSPS) is 15.8. The van der Waals surface area contributed by atoms with Crippen molar-refractivity contribution < 1.29 is 8.78 Å². The van der Waals surface area contributed by atoms with Crippen LogP contribution in [0.1, 0.15) is 44.5 Å². The Bertz CT molecular complexity index is 522. The van der Waals surface area contributed by atoms with Crippen LogP contribution >= 0.6 is 0 Å². The smallest absolute Gasteiger partial charge is 0.319 e. The van der Waals surface area contributed by atoms with E-state index in [1.54, 1.807) is 7.05 Å². The molecule has 0 fully saturated rings. The summed E-state index contributed by atoms with van der Waals surface area (Å²) in [6, 6.07) is 0. The molecule has 1 heterocycles. The van der Waals surface area contributed by atoms with Gasteiger partial charge in [-0.05, 0) is 32.1 Å². The Morgan fingerprint density at radius 1 is 1.41 bits per heavy atom. The minimum atomic E-state index is -2.58. The molecule has 2 rings (SSSR count). The first-order chi connectivity index (χ1) is 10.7. The summed E-state index contributed by atoms with van der Waals surface area (Å²) in [4.78, 5) is 8.02. The van der Waals surface area contributed by atoms with Crippen LogP contribution in [-0.4, -0.2) is 29.1 Å². The van der Waals surface area contributed by atoms with Crippen LogP contribution in [-0.2, 0) is 6.54 Å². The summed E-state index contributed by atoms with van der Waals surface area (Å²) in [5, 5.41) is 6.21. The number of guanidine groups is 1. The molecular weight excluding hydrogens is 288 g/mol. The fourth-order valence-electron chi connectivity index (χ4n) is 2.52. The Kier molecular flexibility index (Phi) is 6.36. The van der Waals surface area contributed by atoms with Crippen molar-refractivity contribution >= 4 is 5.96 Å². The largest absolute Gasteiger partial charge is 0.356 e. The number of nitrogens with one attached hydrogen (secondary N) is 2. The molecule has 1 aliphatic carbocycles. The SMILES string of the molecule is CN=C(NCCC1=CCCCC1)NCc1nccn1C(F)F. The van der Waals surface area contributed by atoms with Crippen molar-refractivity contribution in [2.75, 3.05) is 13.6 Å². The molecule has 22 heavy (non-hydrogen) atoms. The van der Waals surface area contributed by atoms with E-state index in [9.17, 15) is 8.78 Å². The zero-order valence-electron chi connectivity index (χ0n) is 12.9. The average molecular weight is 311 g/mol. The number of hydrogen-bond donors (Lipinski definition) is 2. The third-order valence-corrected chi connectivity index (χ3v) is 3.72. The minimum absolute atomic E-state index is 0.208. The topological polar surface area (TPSA) is 54.2 Å². The zero-order valence-corrected chi connectivity index (χ0v) is 12.9. The molecule has 0 saturated carbocycles. The average Bonchev–Trinajstić information content (AvgIpc) is 3.00. The maximum atomic E-state index is 12.7. The number of imidazole rings is 1. The summed E-state index contributed by atoms with van der Waals surface area (Å²) in [6.07, 6.45) is 10.9. The first kappa shape index (κ1) is 16.5. The van der Waals surface area contributed by atoms with Gasteiger partial charge in [0.25, 0.3) is 0 Å². The number of hydrogen-bond acceptors (Lipinski definition) is 2. The molecule has 1 aliphatic rings. The first-order valence-corrected chi connectivity index (χ1v) is 7.63. The molecule has 0 radical (unpaired) electrons. The molecule has 0 amide bonds.